The van der Waals surface area contributed by atoms with E-state index in [0.29, 0.717) is 31.3 Å². The molecule has 0 saturated carbocycles. The maximum absolute atomic E-state index is 13.3. The molecule has 1 fully saturated rings. The van der Waals surface area contributed by atoms with Gasteiger partial charge < -0.3 is 14.2 Å². The summed E-state index contributed by atoms with van der Waals surface area (Å²) in [6.07, 6.45) is 6.68. The second-order valence-electron chi connectivity index (χ2n) is 10.4. The van der Waals surface area contributed by atoms with E-state index in [1.165, 1.54) is 0 Å². The monoisotopic (exact) mass is 473 g/mol. The molecular formula is C27H31N5O3. The molecule has 0 N–H and O–H groups in total. The van der Waals surface area contributed by atoms with E-state index in [-0.39, 0.29) is 17.7 Å². The SMILES string of the molecule is Cc1cc(-c2cc3ccn(C4CCN(C(=O)OC(C)(C)C)CC4)c(=O)c3cn2)cc2cn(C)nc12. The number of aryl methyl sites for hydroxylation is 2. The summed E-state index contributed by atoms with van der Waals surface area (Å²) in [5, 5.41) is 7.05. The van der Waals surface area contributed by atoms with Crippen LogP contribution in [-0.2, 0) is 11.8 Å². The number of benzene rings is 1. The van der Waals surface area contributed by atoms with E-state index in [9.17, 15) is 9.59 Å². The number of likely N-dealkylation sites (tertiary alicyclic amines) is 1. The first kappa shape index (κ1) is 23.1. The van der Waals surface area contributed by atoms with Crippen LogP contribution in [0.5, 0.6) is 0 Å². The number of carbonyl (C=O) groups is 1. The van der Waals surface area contributed by atoms with Crippen LogP contribution in [-0.4, -0.2) is 49.0 Å². The van der Waals surface area contributed by atoms with Crippen molar-refractivity contribution in [2.24, 2.45) is 7.05 Å². The maximum atomic E-state index is 13.3. The average molecular weight is 474 g/mol. The van der Waals surface area contributed by atoms with Crippen LogP contribution in [0.2, 0.25) is 0 Å². The number of amides is 1. The molecule has 1 aliphatic heterocycles. The maximum Gasteiger partial charge on any atom is 0.410 e. The lowest BCUT2D eigenvalue weighted by Gasteiger charge is -2.34. The second-order valence-corrected chi connectivity index (χ2v) is 10.4. The van der Waals surface area contributed by atoms with Crippen molar-refractivity contribution in [2.75, 3.05) is 13.1 Å². The molecule has 0 bridgehead atoms. The van der Waals surface area contributed by atoms with Crippen LogP contribution in [0.25, 0.3) is 32.9 Å². The first-order valence-corrected chi connectivity index (χ1v) is 12.0. The zero-order valence-corrected chi connectivity index (χ0v) is 20.9. The van der Waals surface area contributed by atoms with Gasteiger partial charge in [0.25, 0.3) is 5.56 Å². The van der Waals surface area contributed by atoms with Gasteiger partial charge in [-0.3, -0.25) is 14.5 Å². The predicted molar refractivity (Wildman–Crippen MR) is 137 cm³/mol. The number of fused-ring (bicyclic) bond motifs is 2. The zero-order chi connectivity index (χ0) is 24.9. The summed E-state index contributed by atoms with van der Waals surface area (Å²) < 4.78 is 9.09. The van der Waals surface area contributed by atoms with Crippen molar-refractivity contribution in [2.45, 2.75) is 52.2 Å². The van der Waals surface area contributed by atoms with Crippen molar-refractivity contribution >= 4 is 27.8 Å². The third kappa shape index (κ3) is 4.52. The van der Waals surface area contributed by atoms with Gasteiger partial charge in [-0.25, -0.2) is 4.79 Å². The number of aromatic nitrogens is 4. The highest BCUT2D eigenvalue weighted by Crippen LogP contribution is 2.28. The number of ether oxygens (including phenoxy) is 1. The summed E-state index contributed by atoms with van der Waals surface area (Å²) in [5.74, 6) is 0. The van der Waals surface area contributed by atoms with Gasteiger partial charge in [-0.15, -0.1) is 0 Å². The summed E-state index contributed by atoms with van der Waals surface area (Å²) in [6.45, 7) is 8.78. The van der Waals surface area contributed by atoms with Gasteiger partial charge in [-0.1, -0.05) is 0 Å². The molecule has 0 atom stereocenters. The van der Waals surface area contributed by atoms with E-state index < -0.39 is 5.60 Å². The van der Waals surface area contributed by atoms with E-state index >= 15 is 0 Å². The van der Waals surface area contributed by atoms with E-state index in [1.807, 2.05) is 64.0 Å². The van der Waals surface area contributed by atoms with Crippen molar-refractivity contribution < 1.29 is 9.53 Å². The number of pyridine rings is 2. The normalized spacial score (nSPS) is 15.2. The molecule has 5 rings (SSSR count). The molecule has 0 radical (unpaired) electrons. The minimum absolute atomic E-state index is 0.0425. The van der Waals surface area contributed by atoms with Crippen LogP contribution in [0.15, 0.2) is 47.7 Å². The third-order valence-electron chi connectivity index (χ3n) is 6.53. The molecule has 1 aliphatic rings. The fourth-order valence-electron chi connectivity index (χ4n) is 4.83. The smallest absolute Gasteiger partial charge is 0.410 e. The van der Waals surface area contributed by atoms with Gasteiger partial charge in [0.15, 0.2) is 0 Å². The van der Waals surface area contributed by atoms with Gasteiger partial charge in [-0.2, -0.15) is 5.10 Å². The molecule has 8 nitrogen and oxygen atoms in total. The van der Waals surface area contributed by atoms with E-state index in [0.717, 1.165) is 33.1 Å². The van der Waals surface area contributed by atoms with E-state index in [4.69, 9.17) is 4.74 Å². The van der Waals surface area contributed by atoms with Crippen LogP contribution >= 0.6 is 0 Å². The molecular weight excluding hydrogens is 442 g/mol. The van der Waals surface area contributed by atoms with Gasteiger partial charge in [0.2, 0.25) is 0 Å². The van der Waals surface area contributed by atoms with Crippen LogP contribution in [0.1, 0.15) is 45.2 Å². The molecule has 0 spiro atoms. The standard InChI is InChI=1S/C27H31N5O3/c1-17-12-19(13-20-16-30(5)29-24(17)20)23-14-18-6-11-32(25(33)22(18)15-28-23)21-7-9-31(10-8-21)26(34)35-27(2,3)4/h6,11-16,21H,7-10H2,1-5H3. The number of nitrogens with zero attached hydrogens (tertiary/aromatic N) is 5. The topological polar surface area (TPSA) is 82.3 Å². The van der Waals surface area contributed by atoms with Crippen LogP contribution < -0.4 is 5.56 Å². The molecule has 8 heteroatoms. The Hall–Kier alpha value is -3.68. The summed E-state index contributed by atoms with van der Waals surface area (Å²) in [7, 11) is 1.92. The van der Waals surface area contributed by atoms with Crippen LogP contribution in [0.4, 0.5) is 4.79 Å². The Labute approximate surface area is 204 Å². The largest absolute Gasteiger partial charge is 0.444 e. The Kier molecular flexibility index (Phi) is 5.62. The summed E-state index contributed by atoms with van der Waals surface area (Å²) in [5.41, 5.74) is 3.34. The lowest BCUT2D eigenvalue weighted by Crippen LogP contribution is -2.43. The molecule has 0 unspecified atom stereocenters. The highest BCUT2D eigenvalue weighted by Gasteiger charge is 2.28. The Bertz CT molecular complexity index is 1490. The van der Waals surface area contributed by atoms with Crippen LogP contribution in [0, 0.1) is 6.92 Å². The number of rotatable bonds is 2. The molecule has 4 aromatic rings. The Morgan fingerprint density at radius 2 is 1.86 bits per heavy atom. The van der Waals surface area contributed by atoms with Gasteiger partial charge in [-0.05, 0) is 75.8 Å². The van der Waals surface area contributed by atoms with Gasteiger partial charge >= 0.3 is 6.09 Å². The number of hydrogen-bond acceptors (Lipinski definition) is 5. The zero-order valence-electron chi connectivity index (χ0n) is 20.9. The molecule has 3 aromatic heterocycles. The second kappa shape index (κ2) is 8.52. The number of piperidine rings is 1. The van der Waals surface area contributed by atoms with Gasteiger partial charge in [0, 0.05) is 55.7 Å². The minimum Gasteiger partial charge on any atom is -0.444 e. The Morgan fingerprint density at radius 3 is 2.57 bits per heavy atom. The van der Waals surface area contributed by atoms with Crippen molar-refractivity contribution in [3.63, 3.8) is 0 Å². The van der Waals surface area contributed by atoms with E-state index in [1.54, 1.807) is 15.7 Å². The molecule has 1 amide bonds. The summed E-state index contributed by atoms with van der Waals surface area (Å²) >= 11 is 0. The van der Waals surface area contributed by atoms with E-state index in [2.05, 4.69) is 22.2 Å². The lowest BCUT2D eigenvalue weighted by molar-refractivity contribution is 0.0187. The fourth-order valence-corrected chi connectivity index (χ4v) is 4.83. The summed E-state index contributed by atoms with van der Waals surface area (Å²) in [4.78, 5) is 32.0. The minimum atomic E-state index is -0.516. The molecule has 35 heavy (non-hydrogen) atoms. The van der Waals surface area contributed by atoms with Crippen LogP contribution in [0.3, 0.4) is 0 Å². The van der Waals surface area contributed by atoms with Crippen molar-refractivity contribution in [3.8, 4) is 11.3 Å². The highest BCUT2D eigenvalue weighted by atomic mass is 16.6. The third-order valence-corrected chi connectivity index (χ3v) is 6.53. The molecule has 4 heterocycles. The predicted octanol–water partition coefficient (Wildman–Crippen LogP) is 4.83. The van der Waals surface area contributed by atoms with Crippen molar-refractivity contribution in [1.29, 1.82) is 0 Å². The van der Waals surface area contributed by atoms with Gasteiger partial charge in [0.1, 0.15) is 5.60 Å². The average Bonchev–Trinajstić information content (AvgIpc) is 3.19. The first-order valence-electron chi connectivity index (χ1n) is 12.0. The molecule has 1 aromatic carbocycles. The van der Waals surface area contributed by atoms with Gasteiger partial charge in [0.05, 0.1) is 16.6 Å². The quantitative estimate of drug-likeness (QED) is 0.416. The number of hydrogen-bond donors (Lipinski definition) is 0. The number of carbonyl (C=O) groups excluding carboxylic acids is 1. The first-order chi connectivity index (χ1) is 16.6. The Morgan fingerprint density at radius 1 is 1.11 bits per heavy atom. The fraction of sp³-hybridized carbons (Fsp3) is 0.407. The highest BCUT2D eigenvalue weighted by molar-refractivity contribution is 5.89. The molecule has 0 aliphatic carbocycles. The lowest BCUT2D eigenvalue weighted by atomic mass is 10.0. The Balaban J connectivity index is 1.39. The summed E-state index contributed by atoms with van der Waals surface area (Å²) in [6, 6.07) is 8.17. The molecule has 182 valence electrons. The van der Waals surface area contributed by atoms with Crippen molar-refractivity contribution in [3.05, 3.63) is 58.8 Å². The molecule has 1 saturated heterocycles. The van der Waals surface area contributed by atoms with Crippen molar-refractivity contribution in [1.82, 2.24) is 24.2 Å².